The summed E-state index contributed by atoms with van der Waals surface area (Å²) in [6.07, 6.45) is 11.2. The van der Waals surface area contributed by atoms with Gasteiger partial charge in [0.2, 0.25) is 0 Å². The summed E-state index contributed by atoms with van der Waals surface area (Å²) in [6.45, 7) is 1.09. The molecule has 0 aromatic rings. The Balaban J connectivity index is 1.87. The minimum absolute atomic E-state index is 0.132. The van der Waals surface area contributed by atoms with Crippen molar-refractivity contribution in [2.45, 2.75) is 51.0 Å². The largest absolute Gasteiger partial charge is 0.463 e. The van der Waals surface area contributed by atoms with E-state index < -0.39 is 6.10 Å². The van der Waals surface area contributed by atoms with E-state index in [9.17, 15) is 4.79 Å². The lowest BCUT2D eigenvalue weighted by Gasteiger charge is -2.08. The lowest BCUT2D eigenvalue weighted by molar-refractivity contribution is -0.147. The first-order chi connectivity index (χ1) is 10.2. The number of rotatable bonds is 11. The van der Waals surface area contributed by atoms with Crippen molar-refractivity contribution in [2.75, 3.05) is 26.3 Å². The highest BCUT2D eigenvalue weighted by Crippen LogP contribution is 2.27. The summed E-state index contributed by atoms with van der Waals surface area (Å²) < 4.78 is 4.81. The van der Waals surface area contributed by atoms with Gasteiger partial charge in [0.25, 0.3) is 0 Å². The molecular weight excluding hydrogens is 270 g/mol. The van der Waals surface area contributed by atoms with Crippen molar-refractivity contribution < 1.29 is 19.7 Å². The van der Waals surface area contributed by atoms with Gasteiger partial charge in [0.15, 0.2) is 0 Å². The van der Waals surface area contributed by atoms with E-state index in [1.54, 1.807) is 0 Å². The molecule has 0 aliphatic heterocycles. The number of carbonyl (C=O) groups excluding carboxylic acids is 1. The topological polar surface area (TPSA) is 78.8 Å². The first-order valence-electron chi connectivity index (χ1n) is 8.02. The standard InChI is InChI=1S/C16H29NO4/c18-12-15(19)13-21-16(20)9-5-11-17-10-4-3-8-14-6-1-2-7-14/h3-4,14-15,17-19H,1-2,5-13H2. The molecule has 0 saturated heterocycles. The second kappa shape index (κ2) is 11.7. The Kier molecular flexibility index (Phi) is 10.1. The minimum Gasteiger partial charge on any atom is -0.463 e. The van der Waals surface area contributed by atoms with Crippen molar-refractivity contribution in [3.63, 3.8) is 0 Å². The number of ether oxygens (including phenoxy) is 1. The molecule has 1 saturated carbocycles. The van der Waals surface area contributed by atoms with E-state index in [2.05, 4.69) is 17.5 Å². The Bertz CT molecular complexity index is 301. The molecule has 0 amide bonds. The third kappa shape index (κ3) is 9.61. The van der Waals surface area contributed by atoms with Gasteiger partial charge >= 0.3 is 5.97 Å². The molecule has 21 heavy (non-hydrogen) atoms. The highest BCUT2D eigenvalue weighted by Gasteiger charge is 2.12. The van der Waals surface area contributed by atoms with E-state index >= 15 is 0 Å². The molecule has 0 aromatic heterocycles. The first kappa shape index (κ1) is 18.1. The summed E-state index contributed by atoms with van der Waals surface area (Å²) in [7, 11) is 0. The first-order valence-corrected chi connectivity index (χ1v) is 8.02. The van der Waals surface area contributed by atoms with Crippen LogP contribution >= 0.6 is 0 Å². The van der Waals surface area contributed by atoms with Crippen molar-refractivity contribution in [1.29, 1.82) is 0 Å². The van der Waals surface area contributed by atoms with Gasteiger partial charge in [0, 0.05) is 13.0 Å². The molecule has 0 bridgehead atoms. The fourth-order valence-electron chi connectivity index (χ4n) is 2.48. The normalized spacial score (nSPS) is 17.4. The lowest BCUT2D eigenvalue weighted by Crippen LogP contribution is -2.22. The number of hydrogen-bond donors (Lipinski definition) is 3. The molecule has 122 valence electrons. The van der Waals surface area contributed by atoms with E-state index in [1.165, 1.54) is 32.1 Å². The Labute approximate surface area is 127 Å². The molecule has 1 atom stereocenters. The number of aliphatic hydroxyl groups excluding tert-OH is 2. The van der Waals surface area contributed by atoms with Gasteiger partial charge in [-0.2, -0.15) is 0 Å². The summed E-state index contributed by atoms with van der Waals surface area (Å²) >= 11 is 0. The Morgan fingerprint density at radius 3 is 2.81 bits per heavy atom. The smallest absolute Gasteiger partial charge is 0.305 e. The molecule has 5 heteroatoms. The SMILES string of the molecule is O=C(CCCNCC=CCC1CCCC1)OCC(O)CO. The van der Waals surface area contributed by atoms with E-state index in [0.717, 1.165) is 19.0 Å². The van der Waals surface area contributed by atoms with Crippen molar-refractivity contribution in [3.8, 4) is 0 Å². The van der Waals surface area contributed by atoms with Crippen LogP contribution < -0.4 is 5.32 Å². The zero-order chi connectivity index (χ0) is 15.3. The fourth-order valence-corrected chi connectivity index (χ4v) is 2.48. The van der Waals surface area contributed by atoms with Gasteiger partial charge in [-0.25, -0.2) is 0 Å². The van der Waals surface area contributed by atoms with E-state index in [1.807, 2.05) is 0 Å². The molecular formula is C16H29NO4. The number of hydrogen-bond acceptors (Lipinski definition) is 5. The third-order valence-electron chi connectivity index (χ3n) is 3.75. The van der Waals surface area contributed by atoms with Crippen molar-refractivity contribution in [3.05, 3.63) is 12.2 Å². The van der Waals surface area contributed by atoms with Gasteiger partial charge in [-0.15, -0.1) is 0 Å². The number of nitrogens with one attached hydrogen (secondary N) is 1. The fraction of sp³-hybridized carbons (Fsp3) is 0.812. The lowest BCUT2D eigenvalue weighted by atomic mass is 10.0. The van der Waals surface area contributed by atoms with Crippen LogP contribution in [0.3, 0.4) is 0 Å². The predicted octanol–water partition coefficient (Wildman–Crippen LogP) is 1.39. The van der Waals surface area contributed by atoms with Crippen LogP contribution in [0.1, 0.15) is 44.9 Å². The highest BCUT2D eigenvalue weighted by atomic mass is 16.5. The monoisotopic (exact) mass is 299 g/mol. The van der Waals surface area contributed by atoms with E-state index in [4.69, 9.17) is 14.9 Å². The predicted molar refractivity (Wildman–Crippen MR) is 81.9 cm³/mol. The zero-order valence-electron chi connectivity index (χ0n) is 12.8. The van der Waals surface area contributed by atoms with Crippen LogP contribution in [0.5, 0.6) is 0 Å². The molecule has 1 aliphatic rings. The van der Waals surface area contributed by atoms with Gasteiger partial charge in [-0.3, -0.25) is 4.79 Å². The molecule has 1 aliphatic carbocycles. The molecule has 1 fully saturated rings. The Morgan fingerprint density at radius 1 is 1.33 bits per heavy atom. The number of carbonyl (C=O) groups is 1. The quantitative estimate of drug-likeness (QED) is 0.305. The van der Waals surface area contributed by atoms with Crippen LogP contribution in [0.15, 0.2) is 12.2 Å². The second-order valence-electron chi connectivity index (χ2n) is 5.68. The maximum Gasteiger partial charge on any atom is 0.305 e. The highest BCUT2D eigenvalue weighted by molar-refractivity contribution is 5.69. The average Bonchev–Trinajstić information content (AvgIpc) is 3.00. The summed E-state index contributed by atoms with van der Waals surface area (Å²) in [5.41, 5.74) is 0. The maximum atomic E-state index is 11.3. The van der Waals surface area contributed by atoms with Gasteiger partial charge in [0.1, 0.15) is 12.7 Å². The van der Waals surface area contributed by atoms with E-state index in [0.29, 0.717) is 12.8 Å². The van der Waals surface area contributed by atoms with Gasteiger partial charge in [0.05, 0.1) is 6.61 Å². The van der Waals surface area contributed by atoms with Gasteiger partial charge in [-0.1, -0.05) is 37.8 Å². The average molecular weight is 299 g/mol. The summed E-state index contributed by atoms with van der Waals surface area (Å²) in [5.74, 6) is 0.561. The number of esters is 1. The van der Waals surface area contributed by atoms with Gasteiger partial charge < -0.3 is 20.3 Å². The van der Waals surface area contributed by atoms with Gasteiger partial charge in [-0.05, 0) is 25.3 Å². The van der Waals surface area contributed by atoms with Crippen molar-refractivity contribution in [2.24, 2.45) is 5.92 Å². The van der Waals surface area contributed by atoms with E-state index in [-0.39, 0.29) is 19.2 Å². The maximum absolute atomic E-state index is 11.3. The summed E-state index contributed by atoms with van der Waals surface area (Å²) in [6, 6.07) is 0. The molecule has 1 unspecified atom stereocenters. The van der Waals surface area contributed by atoms with Crippen molar-refractivity contribution >= 4 is 5.97 Å². The Morgan fingerprint density at radius 2 is 2.10 bits per heavy atom. The van der Waals surface area contributed by atoms with Crippen LogP contribution in [0.25, 0.3) is 0 Å². The molecule has 0 radical (unpaired) electrons. The molecule has 0 spiro atoms. The van der Waals surface area contributed by atoms with Crippen LogP contribution in [-0.4, -0.2) is 48.6 Å². The molecule has 5 nitrogen and oxygen atoms in total. The summed E-state index contributed by atoms with van der Waals surface area (Å²) in [4.78, 5) is 11.3. The third-order valence-corrected chi connectivity index (χ3v) is 3.75. The molecule has 1 rings (SSSR count). The van der Waals surface area contributed by atoms with Crippen LogP contribution in [0.4, 0.5) is 0 Å². The number of allylic oxidation sites excluding steroid dienone is 1. The molecule has 3 N–H and O–H groups in total. The van der Waals surface area contributed by atoms with Crippen LogP contribution in [-0.2, 0) is 9.53 Å². The molecule has 0 heterocycles. The number of aliphatic hydroxyl groups is 2. The molecule has 0 aromatic carbocycles. The Hall–Kier alpha value is -0.910. The zero-order valence-corrected chi connectivity index (χ0v) is 12.8. The van der Waals surface area contributed by atoms with Crippen LogP contribution in [0.2, 0.25) is 0 Å². The summed E-state index contributed by atoms with van der Waals surface area (Å²) in [5, 5.41) is 20.9. The van der Waals surface area contributed by atoms with Crippen molar-refractivity contribution in [1.82, 2.24) is 5.32 Å². The second-order valence-corrected chi connectivity index (χ2v) is 5.68. The minimum atomic E-state index is -0.975. The van der Waals surface area contributed by atoms with Crippen LogP contribution in [0, 0.1) is 5.92 Å².